The van der Waals surface area contributed by atoms with Crippen LogP contribution in [0.3, 0.4) is 0 Å². The van der Waals surface area contributed by atoms with Gasteiger partial charge in [-0.05, 0) is 52.7 Å². The Balaban J connectivity index is 1.70. The number of carbonyl (C=O) groups is 1. The molecular weight excluding hydrogens is 437 g/mol. The fraction of sp³-hybridized carbons (Fsp3) is 0.476. The lowest BCUT2D eigenvalue weighted by molar-refractivity contribution is 0.0293. The summed E-state index contributed by atoms with van der Waals surface area (Å²) in [5.74, 6) is 0.818. The number of likely N-dealkylation sites (tertiary alicyclic amines) is 1. The van der Waals surface area contributed by atoms with Crippen LogP contribution < -0.4 is 15.9 Å². The van der Waals surface area contributed by atoms with Crippen molar-refractivity contribution in [2.24, 2.45) is 0 Å². The molecule has 2 heterocycles. The van der Waals surface area contributed by atoms with Crippen LogP contribution in [0.2, 0.25) is 5.02 Å². The van der Waals surface area contributed by atoms with Gasteiger partial charge in [-0.3, -0.25) is 0 Å². The second-order valence-electron chi connectivity index (χ2n) is 8.94. The first-order valence-electron chi connectivity index (χ1n) is 10.1. The molecular formula is C21H29ClN5O3P. The van der Waals surface area contributed by atoms with E-state index in [9.17, 15) is 9.36 Å². The number of halogens is 1. The SMILES string of the molecule is CC(C)(C)OC(=O)N1CCC(Nc2ncc(Cl)c(Nc3ccccc3P(C)(C)=O)n2)C1. The molecule has 0 spiro atoms. The molecule has 3 rings (SSSR count). The normalized spacial score (nSPS) is 16.8. The van der Waals surface area contributed by atoms with Gasteiger partial charge in [0.15, 0.2) is 5.82 Å². The van der Waals surface area contributed by atoms with Crippen molar-refractivity contribution in [2.75, 3.05) is 37.1 Å². The Morgan fingerprint density at radius 1 is 1.29 bits per heavy atom. The highest BCUT2D eigenvalue weighted by Crippen LogP contribution is 2.38. The number of carbonyl (C=O) groups excluding carboxylic acids is 1. The fourth-order valence-electron chi connectivity index (χ4n) is 3.25. The lowest BCUT2D eigenvalue weighted by Crippen LogP contribution is -2.36. The highest BCUT2D eigenvalue weighted by molar-refractivity contribution is 7.70. The van der Waals surface area contributed by atoms with Gasteiger partial charge in [0.25, 0.3) is 0 Å². The van der Waals surface area contributed by atoms with Gasteiger partial charge in [0, 0.05) is 24.4 Å². The molecule has 10 heteroatoms. The van der Waals surface area contributed by atoms with Gasteiger partial charge in [0.1, 0.15) is 17.8 Å². The zero-order chi connectivity index (χ0) is 22.8. The summed E-state index contributed by atoms with van der Waals surface area (Å²) < 4.78 is 18.1. The summed E-state index contributed by atoms with van der Waals surface area (Å²) in [6, 6.07) is 7.39. The quantitative estimate of drug-likeness (QED) is 0.625. The molecule has 0 radical (unpaired) electrons. The number of amides is 1. The zero-order valence-electron chi connectivity index (χ0n) is 18.5. The van der Waals surface area contributed by atoms with E-state index in [1.807, 2.05) is 45.0 Å². The Morgan fingerprint density at radius 3 is 2.68 bits per heavy atom. The number of para-hydroxylation sites is 1. The predicted octanol–water partition coefficient (Wildman–Crippen LogP) is 4.54. The van der Waals surface area contributed by atoms with Gasteiger partial charge >= 0.3 is 6.09 Å². The molecule has 8 nitrogen and oxygen atoms in total. The van der Waals surface area contributed by atoms with E-state index in [4.69, 9.17) is 16.3 Å². The van der Waals surface area contributed by atoms with Gasteiger partial charge in [0.2, 0.25) is 5.95 Å². The Morgan fingerprint density at radius 2 is 2.00 bits per heavy atom. The van der Waals surface area contributed by atoms with Crippen LogP contribution in [-0.4, -0.2) is 59.0 Å². The molecule has 1 aromatic carbocycles. The summed E-state index contributed by atoms with van der Waals surface area (Å²) in [4.78, 5) is 22.7. The molecule has 1 saturated heterocycles. The van der Waals surface area contributed by atoms with Gasteiger partial charge in [-0.25, -0.2) is 9.78 Å². The molecule has 0 aliphatic carbocycles. The number of hydrogen-bond acceptors (Lipinski definition) is 7. The highest BCUT2D eigenvalue weighted by atomic mass is 35.5. The maximum absolute atomic E-state index is 12.6. The number of nitrogens with one attached hydrogen (secondary N) is 2. The topological polar surface area (TPSA) is 96.5 Å². The molecule has 0 bridgehead atoms. The van der Waals surface area contributed by atoms with Gasteiger partial charge in [0.05, 0.1) is 11.9 Å². The summed E-state index contributed by atoms with van der Waals surface area (Å²) in [5, 5.41) is 7.52. The van der Waals surface area contributed by atoms with Crippen LogP contribution >= 0.6 is 18.7 Å². The highest BCUT2D eigenvalue weighted by Gasteiger charge is 2.30. The largest absolute Gasteiger partial charge is 0.444 e. The van der Waals surface area contributed by atoms with Crippen molar-refractivity contribution in [1.82, 2.24) is 14.9 Å². The van der Waals surface area contributed by atoms with Crippen molar-refractivity contribution in [2.45, 2.75) is 38.8 Å². The number of nitrogens with zero attached hydrogens (tertiary/aromatic N) is 3. The molecule has 1 atom stereocenters. The van der Waals surface area contributed by atoms with Crippen molar-refractivity contribution >= 4 is 47.6 Å². The predicted molar refractivity (Wildman–Crippen MR) is 126 cm³/mol. The smallest absolute Gasteiger partial charge is 0.410 e. The molecule has 1 aliphatic heterocycles. The van der Waals surface area contributed by atoms with Crippen LogP contribution in [0.1, 0.15) is 27.2 Å². The number of hydrogen-bond donors (Lipinski definition) is 2. The van der Waals surface area contributed by atoms with Crippen molar-refractivity contribution in [3.8, 4) is 0 Å². The summed E-state index contributed by atoms with van der Waals surface area (Å²) in [5.41, 5.74) is 0.166. The number of rotatable bonds is 5. The third-order valence-corrected chi connectivity index (χ3v) is 6.48. The lowest BCUT2D eigenvalue weighted by atomic mass is 10.2. The van der Waals surface area contributed by atoms with Crippen LogP contribution in [-0.2, 0) is 9.30 Å². The molecule has 1 fully saturated rings. The first-order chi connectivity index (χ1) is 14.4. The van der Waals surface area contributed by atoms with Crippen LogP contribution in [0.15, 0.2) is 30.5 Å². The number of benzene rings is 1. The van der Waals surface area contributed by atoms with Crippen molar-refractivity contribution in [1.29, 1.82) is 0 Å². The first kappa shape index (κ1) is 23.4. The molecule has 31 heavy (non-hydrogen) atoms. The number of anilines is 3. The molecule has 1 aromatic heterocycles. The first-order valence-corrected chi connectivity index (χ1v) is 13.1. The Kier molecular flexibility index (Phi) is 6.82. The molecule has 168 valence electrons. The van der Waals surface area contributed by atoms with E-state index in [1.54, 1.807) is 18.2 Å². The van der Waals surface area contributed by atoms with Gasteiger partial charge in [-0.1, -0.05) is 23.7 Å². The van der Waals surface area contributed by atoms with Crippen molar-refractivity contribution in [3.05, 3.63) is 35.5 Å². The van der Waals surface area contributed by atoms with E-state index in [1.165, 1.54) is 6.20 Å². The number of ether oxygens (including phenoxy) is 1. The van der Waals surface area contributed by atoms with Crippen LogP contribution in [0.5, 0.6) is 0 Å². The summed E-state index contributed by atoms with van der Waals surface area (Å²) in [6.07, 6.45) is 1.95. The van der Waals surface area contributed by atoms with Gasteiger partial charge < -0.3 is 24.8 Å². The third-order valence-electron chi connectivity index (χ3n) is 4.65. The minimum absolute atomic E-state index is 0.000307. The molecule has 0 saturated carbocycles. The standard InChI is InChI=1S/C21H29ClN5O3P/c1-21(2,3)30-20(28)27-11-10-14(13-27)24-19-23-12-15(22)18(26-19)25-16-8-6-7-9-17(16)31(4,5)29/h6-9,12,14H,10-11,13H2,1-5H3,(H2,23,24,25,26). The molecule has 1 amide bonds. The van der Waals surface area contributed by atoms with Crippen LogP contribution in [0.25, 0.3) is 0 Å². The summed E-state index contributed by atoms with van der Waals surface area (Å²) >= 11 is 6.30. The fourth-order valence-corrected chi connectivity index (χ4v) is 4.55. The Labute approximate surface area is 188 Å². The third kappa shape index (κ3) is 6.34. The summed E-state index contributed by atoms with van der Waals surface area (Å²) in [7, 11) is -2.49. The lowest BCUT2D eigenvalue weighted by Gasteiger charge is -2.24. The van der Waals surface area contributed by atoms with Gasteiger partial charge in [-0.2, -0.15) is 4.98 Å². The Hall–Kier alpha value is -2.31. The van der Waals surface area contributed by atoms with E-state index in [2.05, 4.69) is 20.6 Å². The number of aromatic nitrogens is 2. The second-order valence-corrected chi connectivity index (χ2v) is 12.5. The van der Waals surface area contributed by atoms with E-state index in [0.29, 0.717) is 35.6 Å². The molecule has 2 N–H and O–H groups in total. The Bertz CT molecular complexity index is 1000. The van der Waals surface area contributed by atoms with E-state index >= 15 is 0 Å². The molecule has 2 aromatic rings. The minimum Gasteiger partial charge on any atom is -0.444 e. The molecule has 1 aliphatic rings. The minimum atomic E-state index is -2.49. The molecule has 1 unspecified atom stereocenters. The average molecular weight is 466 g/mol. The second kappa shape index (κ2) is 9.05. The van der Waals surface area contributed by atoms with E-state index in [0.717, 1.165) is 11.7 Å². The maximum atomic E-state index is 12.6. The maximum Gasteiger partial charge on any atom is 0.410 e. The van der Waals surface area contributed by atoms with Crippen molar-refractivity contribution in [3.63, 3.8) is 0 Å². The van der Waals surface area contributed by atoms with Crippen LogP contribution in [0.4, 0.5) is 22.2 Å². The summed E-state index contributed by atoms with van der Waals surface area (Å²) in [6.45, 7) is 10.1. The van der Waals surface area contributed by atoms with E-state index < -0.39 is 12.7 Å². The monoisotopic (exact) mass is 465 g/mol. The van der Waals surface area contributed by atoms with Crippen LogP contribution in [0, 0.1) is 0 Å². The van der Waals surface area contributed by atoms with Crippen molar-refractivity contribution < 1.29 is 14.1 Å². The van der Waals surface area contributed by atoms with E-state index in [-0.39, 0.29) is 12.1 Å². The zero-order valence-corrected chi connectivity index (χ0v) is 20.1. The average Bonchev–Trinajstić information content (AvgIpc) is 3.11. The van der Waals surface area contributed by atoms with Gasteiger partial charge in [-0.15, -0.1) is 0 Å².